The standard InChI is InChI=1S/C18H23N3OS/c1-14-6-8-15(9-7-14)20-18(22)19-13-16(17-5-4-12-23-17)21-10-2-3-11-21/h4-9,12,16H,2-3,10-11,13H2,1H3,(H2,19,20,22). The highest BCUT2D eigenvalue weighted by Gasteiger charge is 2.24. The van der Waals surface area contributed by atoms with Crippen molar-refractivity contribution in [3.8, 4) is 0 Å². The number of rotatable bonds is 5. The summed E-state index contributed by atoms with van der Waals surface area (Å²) in [7, 11) is 0. The molecule has 2 heterocycles. The molecule has 0 saturated carbocycles. The Hall–Kier alpha value is -1.85. The van der Waals surface area contributed by atoms with Crippen molar-refractivity contribution in [1.29, 1.82) is 0 Å². The third-order valence-corrected chi connectivity index (χ3v) is 5.19. The van der Waals surface area contributed by atoms with E-state index in [0.717, 1.165) is 18.8 Å². The molecule has 0 bridgehead atoms. The van der Waals surface area contributed by atoms with E-state index in [-0.39, 0.29) is 12.1 Å². The lowest BCUT2D eigenvalue weighted by Crippen LogP contribution is -2.38. The minimum absolute atomic E-state index is 0.144. The summed E-state index contributed by atoms with van der Waals surface area (Å²) in [5.41, 5.74) is 2.00. The number of carbonyl (C=O) groups excluding carboxylic acids is 1. The third-order valence-electron chi connectivity index (χ3n) is 4.22. The maximum atomic E-state index is 12.1. The maximum absolute atomic E-state index is 12.1. The Morgan fingerprint density at radius 2 is 1.96 bits per heavy atom. The summed E-state index contributed by atoms with van der Waals surface area (Å²) in [5.74, 6) is 0. The number of carbonyl (C=O) groups is 1. The van der Waals surface area contributed by atoms with Gasteiger partial charge in [0.25, 0.3) is 0 Å². The number of anilines is 1. The highest BCUT2D eigenvalue weighted by atomic mass is 32.1. The van der Waals surface area contributed by atoms with Crippen LogP contribution in [-0.2, 0) is 0 Å². The van der Waals surface area contributed by atoms with Crippen molar-refractivity contribution in [2.24, 2.45) is 0 Å². The van der Waals surface area contributed by atoms with E-state index in [1.807, 2.05) is 31.2 Å². The van der Waals surface area contributed by atoms with Gasteiger partial charge in [0.15, 0.2) is 0 Å². The lowest BCUT2D eigenvalue weighted by molar-refractivity contribution is 0.229. The van der Waals surface area contributed by atoms with Gasteiger partial charge in [0.05, 0.1) is 6.04 Å². The Kier molecular flexibility index (Phi) is 5.31. The molecule has 0 spiro atoms. The second kappa shape index (κ2) is 7.62. The Morgan fingerprint density at radius 1 is 1.22 bits per heavy atom. The second-order valence-electron chi connectivity index (χ2n) is 5.98. The number of aryl methyl sites for hydroxylation is 1. The molecule has 2 amide bonds. The van der Waals surface area contributed by atoms with Crippen molar-refractivity contribution < 1.29 is 4.79 Å². The molecule has 3 rings (SSSR count). The van der Waals surface area contributed by atoms with Gasteiger partial charge in [0.2, 0.25) is 0 Å². The molecule has 5 heteroatoms. The Balaban J connectivity index is 1.57. The number of amides is 2. The van der Waals surface area contributed by atoms with Crippen LogP contribution in [0.15, 0.2) is 41.8 Å². The van der Waals surface area contributed by atoms with E-state index in [1.165, 1.54) is 23.3 Å². The fraction of sp³-hybridized carbons (Fsp3) is 0.389. The summed E-state index contributed by atoms with van der Waals surface area (Å²) in [4.78, 5) is 15.9. The first kappa shape index (κ1) is 16.0. The molecule has 0 aliphatic carbocycles. The van der Waals surface area contributed by atoms with Gasteiger partial charge in [0, 0.05) is 17.1 Å². The molecule has 1 fully saturated rings. The van der Waals surface area contributed by atoms with E-state index < -0.39 is 0 Å². The SMILES string of the molecule is Cc1ccc(NC(=O)NCC(c2cccs2)N2CCCC2)cc1. The van der Waals surface area contributed by atoms with Gasteiger partial charge in [-0.3, -0.25) is 4.90 Å². The van der Waals surface area contributed by atoms with Crippen molar-refractivity contribution in [1.82, 2.24) is 10.2 Å². The molecular weight excluding hydrogens is 306 g/mol. The van der Waals surface area contributed by atoms with E-state index in [0.29, 0.717) is 6.54 Å². The monoisotopic (exact) mass is 329 g/mol. The number of hydrogen-bond acceptors (Lipinski definition) is 3. The second-order valence-corrected chi connectivity index (χ2v) is 6.95. The fourth-order valence-electron chi connectivity index (χ4n) is 2.95. The molecule has 122 valence electrons. The molecule has 1 saturated heterocycles. The van der Waals surface area contributed by atoms with Crippen LogP contribution in [0.4, 0.5) is 10.5 Å². The van der Waals surface area contributed by atoms with Crippen molar-refractivity contribution >= 4 is 23.1 Å². The fourth-order valence-corrected chi connectivity index (χ4v) is 3.81. The maximum Gasteiger partial charge on any atom is 0.319 e. The number of likely N-dealkylation sites (tertiary alicyclic amines) is 1. The first-order valence-electron chi connectivity index (χ1n) is 8.11. The molecule has 1 aromatic heterocycles. The topological polar surface area (TPSA) is 44.4 Å². The van der Waals surface area contributed by atoms with Gasteiger partial charge in [-0.15, -0.1) is 11.3 Å². The Labute approximate surface area is 141 Å². The summed E-state index contributed by atoms with van der Waals surface area (Å²) in [6.07, 6.45) is 2.49. The number of thiophene rings is 1. The van der Waals surface area contributed by atoms with Crippen LogP contribution in [0.2, 0.25) is 0 Å². The highest BCUT2D eigenvalue weighted by molar-refractivity contribution is 7.10. The highest BCUT2D eigenvalue weighted by Crippen LogP contribution is 2.27. The van der Waals surface area contributed by atoms with Gasteiger partial charge < -0.3 is 10.6 Å². The summed E-state index contributed by atoms with van der Waals surface area (Å²) in [6.45, 7) is 4.90. The zero-order valence-corrected chi connectivity index (χ0v) is 14.2. The molecule has 1 aliphatic heterocycles. The van der Waals surface area contributed by atoms with Crippen LogP contribution in [0.25, 0.3) is 0 Å². The summed E-state index contributed by atoms with van der Waals surface area (Å²) >= 11 is 1.76. The van der Waals surface area contributed by atoms with E-state index in [2.05, 4.69) is 33.0 Å². The van der Waals surface area contributed by atoms with Gasteiger partial charge in [-0.05, 0) is 56.4 Å². The van der Waals surface area contributed by atoms with E-state index >= 15 is 0 Å². The Bertz CT molecular complexity index is 618. The quantitative estimate of drug-likeness (QED) is 0.870. The number of hydrogen-bond donors (Lipinski definition) is 2. The molecule has 1 aliphatic rings. The smallest absolute Gasteiger partial charge is 0.319 e. The van der Waals surface area contributed by atoms with E-state index in [9.17, 15) is 4.79 Å². The van der Waals surface area contributed by atoms with Gasteiger partial charge in [-0.2, -0.15) is 0 Å². The van der Waals surface area contributed by atoms with Gasteiger partial charge in [0.1, 0.15) is 0 Å². The molecule has 1 aromatic carbocycles. The van der Waals surface area contributed by atoms with E-state index in [1.54, 1.807) is 11.3 Å². The van der Waals surface area contributed by atoms with Crippen molar-refractivity contribution in [3.63, 3.8) is 0 Å². The molecule has 2 N–H and O–H groups in total. The minimum Gasteiger partial charge on any atom is -0.336 e. The van der Waals surface area contributed by atoms with Crippen molar-refractivity contribution in [2.45, 2.75) is 25.8 Å². The molecule has 1 atom stereocenters. The lowest BCUT2D eigenvalue weighted by Gasteiger charge is -2.26. The lowest BCUT2D eigenvalue weighted by atomic mass is 10.2. The summed E-state index contributed by atoms with van der Waals surface area (Å²) < 4.78 is 0. The van der Waals surface area contributed by atoms with Crippen LogP contribution in [0.5, 0.6) is 0 Å². The third kappa shape index (κ3) is 4.33. The normalized spacial score (nSPS) is 16.2. The first-order valence-corrected chi connectivity index (χ1v) is 8.99. The number of benzene rings is 1. The van der Waals surface area contributed by atoms with Crippen LogP contribution < -0.4 is 10.6 Å². The molecule has 1 unspecified atom stereocenters. The van der Waals surface area contributed by atoms with Crippen LogP contribution in [0.1, 0.15) is 29.3 Å². The molecule has 23 heavy (non-hydrogen) atoms. The summed E-state index contributed by atoms with van der Waals surface area (Å²) in [6, 6.07) is 12.2. The minimum atomic E-state index is -0.144. The number of nitrogens with one attached hydrogen (secondary N) is 2. The van der Waals surface area contributed by atoms with Crippen molar-refractivity contribution in [3.05, 3.63) is 52.2 Å². The molecule has 4 nitrogen and oxygen atoms in total. The number of nitrogens with zero attached hydrogens (tertiary/aromatic N) is 1. The van der Waals surface area contributed by atoms with Crippen molar-refractivity contribution in [2.75, 3.05) is 25.0 Å². The molecule has 2 aromatic rings. The van der Waals surface area contributed by atoms with Gasteiger partial charge >= 0.3 is 6.03 Å². The number of urea groups is 1. The van der Waals surface area contributed by atoms with Gasteiger partial charge in [-0.1, -0.05) is 23.8 Å². The van der Waals surface area contributed by atoms with Crippen LogP contribution in [-0.4, -0.2) is 30.6 Å². The van der Waals surface area contributed by atoms with E-state index in [4.69, 9.17) is 0 Å². The molecular formula is C18H23N3OS. The summed E-state index contributed by atoms with van der Waals surface area (Å²) in [5, 5.41) is 8.02. The average Bonchev–Trinajstić information content (AvgIpc) is 3.24. The van der Waals surface area contributed by atoms with Crippen LogP contribution in [0.3, 0.4) is 0 Å². The largest absolute Gasteiger partial charge is 0.336 e. The first-order chi connectivity index (χ1) is 11.2. The Morgan fingerprint density at radius 3 is 2.61 bits per heavy atom. The zero-order chi connectivity index (χ0) is 16.1. The average molecular weight is 329 g/mol. The predicted molar refractivity (Wildman–Crippen MR) is 96.1 cm³/mol. The predicted octanol–water partition coefficient (Wildman–Crippen LogP) is 4.02. The van der Waals surface area contributed by atoms with Gasteiger partial charge in [-0.25, -0.2) is 4.79 Å². The molecule has 0 radical (unpaired) electrons. The zero-order valence-electron chi connectivity index (χ0n) is 13.4. The van der Waals surface area contributed by atoms with Crippen LogP contribution in [0, 0.1) is 6.92 Å². The van der Waals surface area contributed by atoms with Crippen LogP contribution >= 0.6 is 11.3 Å².